The molecule has 60 valence electrons. The van der Waals surface area contributed by atoms with Crippen molar-refractivity contribution in [2.75, 3.05) is 12.8 Å². The lowest BCUT2D eigenvalue weighted by Gasteiger charge is -2.26. The smallest absolute Gasteiger partial charge is 0.0528 e. The van der Waals surface area contributed by atoms with E-state index in [0.717, 1.165) is 11.4 Å². The minimum absolute atomic E-state index is 0.720. The lowest BCUT2D eigenvalue weighted by molar-refractivity contribution is 0.244. The summed E-state index contributed by atoms with van der Waals surface area (Å²) in [6.45, 7) is 4.62. The molecule has 1 saturated heterocycles. The van der Waals surface area contributed by atoms with Crippen LogP contribution in [0.3, 0.4) is 0 Å². The van der Waals surface area contributed by atoms with E-state index in [-0.39, 0.29) is 0 Å². The largest absolute Gasteiger partial charge is 0.292 e. The van der Waals surface area contributed by atoms with Gasteiger partial charge in [0.25, 0.3) is 0 Å². The maximum atomic E-state index is 2.47. The first-order chi connectivity index (χ1) is 4.72. The van der Waals surface area contributed by atoms with Gasteiger partial charge >= 0.3 is 0 Å². The molecule has 0 aromatic heterocycles. The molecule has 0 N–H and O–H groups in total. The number of nitrogens with zero attached hydrogens (tertiary/aromatic N) is 1. The van der Waals surface area contributed by atoms with Crippen LogP contribution < -0.4 is 0 Å². The second-order valence-electron chi connectivity index (χ2n) is 3.13. The van der Waals surface area contributed by atoms with Gasteiger partial charge in [-0.1, -0.05) is 0 Å². The van der Waals surface area contributed by atoms with Gasteiger partial charge < -0.3 is 0 Å². The molecule has 2 unspecified atom stereocenters. The third-order valence-corrected chi connectivity index (χ3v) is 3.73. The molecule has 0 aromatic carbocycles. The van der Waals surface area contributed by atoms with E-state index in [1.54, 1.807) is 0 Å². The van der Waals surface area contributed by atoms with Crippen LogP contribution in [0.15, 0.2) is 0 Å². The van der Waals surface area contributed by atoms with E-state index in [2.05, 4.69) is 37.6 Å². The predicted octanol–water partition coefficient (Wildman–Crippen LogP) is 2.18. The van der Waals surface area contributed by atoms with Gasteiger partial charge in [0, 0.05) is 6.04 Å². The molecule has 0 aliphatic carbocycles. The van der Waals surface area contributed by atoms with Gasteiger partial charge in [0.05, 0.1) is 5.37 Å². The Balaban J connectivity index is 2.46. The predicted molar refractivity (Wildman–Crippen MR) is 48.4 cm³/mol. The second kappa shape index (κ2) is 3.63. The van der Waals surface area contributed by atoms with Crippen LogP contribution in [0.4, 0.5) is 0 Å². The fraction of sp³-hybridized carbons (Fsp3) is 1.00. The molecule has 0 spiro atoms. The van der Waals surface area contributed by atoms with Crippen LogP contribution in [-0.2, 0) is 0 Å². The van der Waals surface area contributed by atoms with Crippen LogP contribution in [0, 0.1) is 0 Å². The minimum Gasteiger partial charge on any atom is -0.292 e. The zero-order valence-electron chi connectivity index (χ0n) is 7.13. The zero-order chi connectivity index (χ0) is 7.56. The van der Waals surface area contributed by atoms with Crippen molar-refractivity contribution in [2.24, 2.45) is 0 Å². The molecule has 0 aromatic rings. The highest BCUT2D eigenvalue weighted by molar-refractivity contribution is 7.99. The maximum absolute atomic E-state index is 2.47. The van der Waals surface area contributed by atoms with Crippen LogP contribution in [-0.4, -0.2) is 29.1 Å². The molecular weight excluding hydrogens is 142 g/mol. The van der Waals surface area contributed by atoms with Gasteiger partial charge in [-0.15, -0.1) is 11.8 Å². The van der Waals surface area contributed by atoms with Gasteiger partial charge in [-0.05, 0) is 39.5 Å². The average molecular weight is 159 g/mol. The Morgan fingerprint density at radius 1 is 1.40 bits per heavy atom. The summed E-state index contributed by atoms with van der Waals surface area (Å²) in [5.74, 6) is 1.34. The molecule has 10 heavy (non-hydrogen) atoms. The van der Waals surface area contributed by atoms with Crippen molar-refractivity contribution in [1.29, 1.82) is 0 Å². The summed E-state index contributed by atoms with van der Waals surface area (Å²) >= 11 is 2.08. The van der Waals surface area contributed by atoms with E-state index in [4.69, 9.17) is 0 Å². The maximum Gasteiger partial charge on any atom is 0.0528 e. The molecule has 1 rings (SSSR count). The Kier molecular flexibility index (Phi) is 3.05. The fourth-order valence-electron chi connectivity index (χ4n) is 1.31. The first-order valence-electron chi connectivity index (χ1n) is 4.05. The van der Waals surface area contributed by atoms with Gasteiger partial charge in [-0.25, -0.2) is 0 Å². The third-order valence-electron chi connectivity index (χ3n) is 2.39. The molecule has 1 aliphatic rings. The van der Waals surface area contributed by atoms with Crippen molar-refractivity contribution in [3.8, 4) is 0 Å². The van der Waals surface area contributed by atoms with E-state index >= 15 is 0 Å². The van der Waals surface area contributed by atoms with Gasteiger partial charge in [0.1, 0.15) is 0 Å². The molecule has 1 heterocycles. The molecule has 0 saturated carbocycles. The van der Waals surface area contributed by atoms with E-state index in [0.29, 0.717) is 0 Å². The monoisotopic (exact) mass is 159 g/mol. The van der Waals surface area contributed by atoms with Gasteiger partial charge in [-0.3, -0.25) is 4.90 Å². The zero-order valence-corrected chi connectivity index (χ0v) is 7.95. The topological polar surface area (TPSA) is 3.24 Å². The van der Waals surface area contributed by atoms with Crippen molar-refractivity contribution in [2.45, 2.75) is 38.1 Å². The van der Waals surface area contributed by atoms with Crippen molar-refractivity contribution in [1.82, 2.24) is 4.90 Å². The van der Waals surface area contributed by atoms with Crippen molar-refractivity contribution < 1.29 is 0 Å². The summed E-state index contributed by atoms with van der Waals surface area (Å²) in [6, 6.07) is 0.782. The number of hydrogen-bond donors (Lipinski definition) is 0. The summed E-state index contributed by atoms with van der Waals surface area (Å²) in [6.07, 6.45) is 2.76. The van der Waals surface area contributed by atoms with Crippen LogP contribution in [0.25, 0.3) is 0 Å². The molecule has 2 atom stereocenters. The quantitative estimate of drug-likeness (QED) is 0.533. The summed E-state index contributed by atoms with van der Waals surface area (Å²) in [4.78, 5) is 2.47. The van der Waals surface area contributed by atoms with Crippen LogP contribution in [0.1, 0.15) is 26.7 Å². The fourth-order valence-corrected chi connectivity index (χ4v) is 2.43. The van der Waals surface area contributed by atoms with Gasteiger partial charge in [-0.2, -0.15) is 0 Å². The molecule has 0 radical (unpaired) electrons. The van der Waals surface area contributed by atoms with E-state index < -0.39 is 0 Å². The summed E-state index contributed by atoms with van der Waals surface area (Å²) < 4.78 is 0. The third kappa shape index (κ3) is 1.89. The molecule has 2 heteroatoms. The van der Waals surface area contributed by atoms with E-state index in [1.807, 2.05) is 0 Å². The lowest BCUT2D eigenvalue weighted by Crippen LogP contribution is -2.33. The highest BCUT2D eigenvalue weighted by Gasteiger charge is 2.18. The first kappa shape index (κ1) is 8.41. The highest BCUT2D eigenvalue weighted by Crippen LogP contribution is 2.23. The second-order valence-corrected chi connectivity index (χ2v) is 4.55. The van der Waals surface area contributed by atoms with Crippen molar-refractivity contribution in [3.63, 3.8) is 0 Å². The van der Waals surface area contributed by atoms with Crippen LogP contribution >= 0.6 is 11.8 Å². The number of rotatable bonds is 0. The Bertz CT molecular complexity index is 93.4. The number of thioether (sulfide) groups is 1. The SMILES string of the molecule is CC1CCCSC(C)N1C. The first-order valence-corrected chi connectivity index (χ1v) is 5.10. The standard InChI is InChI=1S/C8H17NS/c1-7-5-4-6-10-8(2)9(7)3/h7-8H,4-6H2,1-3H3. The van der Waals surface area contributed by atoms with Crippen molar-refractivity contribution >= 4 is 11.8 Å². The highest BCUT2D eigenvalue weighted by atomic mass is 32.2. The lowest BCUT2D eigenvalue weighted by atomic mass is 10.2. The van der Waals surface area contributed by atoms with Crippen molar-refractivity contribution in [3.05, 3.63) is 0 Å². The van der Waals surface area contributed by atoms with Crippen LogP contribution in [0.2, 0.25) is 0 Å². The molecule has 1 nitrogen and oxygen atoms in total. The van der Waals surface area contributed by atoms with Gasteiger partial charge in [0.15, 0.2) is 0 Å². The molecule has 0 bridgehead atoms. The summed E-state index contributed by atoms with van der Waals surface area (Å²) in [5, 5.41) is 0.720. The average Bonchev–Trinajstić information content (AvgIpc) is 2.04. The Labute approximate surface area is 68.2 Å². The van der Waals surface area contributed by atoms with Gasteiger partial charge in [0.2, 0.25) is 0 Å². The Hall–Kier alpha value is 0.310. The summed E-state index contributed by atoms with van der Waals surface area (Å²) in [7, 11) is 2.23. The molecular formula is C8H17NS. The molecule has 1 aliphatic heterocycles. The van der Waals surface area contributed by atoms with E-state index in [1.165, 1.54) is 18.6 Å². The normalized spacial score (nSPS) is 37.5. The Morgan fingerprint density at radius 2 is 2.10 bits per heavy atom. The summed E-state index contributed by atoms with van der Waals surface area (Å²) in [5.41, 5.74) is 0. The Morgan fingerprint density at radius 3 is 2.80 bits per heavy atom. The van der Waals surface area contributed by atoms with Crippen LogP contribution in [0.5, 0.6) is 0 Å². The number of hydrogen-bond acceptors (Lipinski definition) is 2. The molecule has 0 amide bonds. The molecule has 1 fully saturated rings. The minimum atomic E-state index is 0.720. The van der Waals surface area contributed by atoms with E-state index in [9.17, 15) is 0 Å².